The molecule has 1 saturated heterocycles. The second-order valence-electron chi connectivity index (χ2n) is 4.78. The monoisotopic (exact) mass is 258 g/mol. The molecule has 6 heteroatoms. The maximum atomic E-state index is 4.22. The normalized spacial score (nSPS) is 19.6. The summed E-state index contributed by atoms with van der Waals surface area (Å²) in [4.78, 5) is 9.62. The van der Waals surface area contributed by atoms with Crippen molar-refractivity contribution in [2.24, 2.45) is 0 Å². The molecule has 1 atom stereocenters. The van der Waals surface area contributed by atoms with Crippen molar-refractivity contribution in [3.8, 4) is 0 Å². The summed E-state index contributed by atoms with van der Waals surface area (Å²) in [6, 6.07) is 4.42. The van der Waals surface area contributed by atoms with E-state index in [0.29, 0.717) is 6.04 Å². The molecule has 19 heavy (non-hydrogen) atoms. The Morgan fingerprint density at radius 3 is 3.21 bits per heavy atom. The maximum absolute atomic E-state index is 4.22. The zero-order valence-corrected chi connectivity index (χ0v) is 10.8. The summed E-state index contributed by atoms with van der Waals surface area (Å²) < 4.78 is 0. The van der Waals surface area contributed by atoms with E-state index >= 15 is 0 Å². The van der Waals surface area contributed by atoms with Gasteiger partial charge in [0.2, 0.25) is 0 Å². The number of anilines is 1. The summed E-state index contributed by atoms with van der Waals surface area (Å²) in [6.07, 6.45) is 7.71. The van der Waals surface area contributed by atoms with Crippen molar-refractivity contribution in [1.82, 2.24) is 25.5 Å². The Bertz CT molecular complexity index is 483. The molecule has 3 rings (SSSR count). The van der Waals surface area contributed by atoms with Gasteiger partial charge in [-0.25, -0.2) is 4.98 Å². The molecule has 6 nitrogen and oxygen atoms in total. The third-order valence-electron chi connectivity index (χ3n) is 3.42. The lowest BCUT2D eigenvalue weighted by atomic mass is 10.1. The van der Waals surface area contributed by atoms with E-state index in [0.717, 1.165) is 31.3 Å². The van der Waals surface area contributed by atoms with Gasteiger partial charge in [0.25, 0.3) is 0 Å². The number of piperidine rings is 1. The molecule has 0 aliphatic carbocycles. The van der Waals surface area contributed by atoms with Crippen molar-refractivity contribution in [1.29, 1.82) is 0 Å². The van der Waals surface area contributed by atoms with Crippen LogP contribution >= 0.6 is 0 Å². The Kier molecular flexibility index (Phi) is 3.69. The molecule has 0 unspecified atom stereocenters. The van der Waals surface area contributed by atoms with Gasteiger partial charge in [0.05, 0.1) is 6.54 Å². The lowest BCUT2D eigenvalue weighted by Gasteiger charge is -2.33. The number of nitrogens with zero attached hydrogens (tertiary/aromatic N) is 4. The molecule has 0 bridgehead atoms. The van der Waals surface area contributed by atoms with Crippen LogP contribution in [0.4, 0.5) is 5.82 Å². The highest BCUT2D eigenvalue weighted by atomic mass is 15.3. The van der Waals surface area contributed by atoms with E-state index in [4.69, 9.17) is 0 Å². The molecule has 2 aromatic heterocycles. The number of hydrogen-bond acceptors (Lipinski definition) is 5. The predicted octanol–water partition coefficient (Wildman–Crippen LogP) is 0.958. The molecule has 1 aliphatic rings. The van der Waals surface area contributed by atoms with Crippen molar-refractivity contribution in [2.45, 2.75) is 25.4 Å². The smallest absolute Gasteiger partial charge is 0.151 e. The van der Waals surface area contributed by atoms with Crippen LogP contribution in [0.3, 0.4) is 0 Å². The first-order chi connectivity index (χ1) is 9.42. The second-order valence-corrected chi connectivity index (χ2v) is 4.78. The summed E-state index contributed by atoms with van der Waals surface area (Å²) in [6.45, 7) is 2.81. The molecule has 0 spiro atoms. The average molecular weight is 258 g/mol. The minimum absolute atomic E-state index is 0.473. The highest BCUT2D eigenvalue weighted by Gasteiger charge is 2.20. The van der Waals surface area contributed by atoms with Crippen molar-refractivity contribution in [3.05, 3.63) is 36.5 Å². The Labute approximate surface area is 112 Å². The first kappa shape index (κ1) is 12.1. The van der Waals surface area contributed by atoms with Crippen LogP contribution in [-0.2, 0) is 6.54 Å². The Balaban J connectivity index is 1.56. The van der Waals surface area contributed by atoms with Gasteiger partial charge < -0.3 is 15.2 Å². The van der Waals surface area contributed by atoms with Crippen molar-refractivity contribution in [3.63, 3.8) is 0 Å². The number of aromatic nitrogens is 4. The van der Waals surface area contributed by atoms with Crippen LogP contribution in [0.1, 0.15) is 18.7 Å². The van der Waals surface area contributed by atoms with Gasteiger partial charge >= 0.3 is 0 Å². The summed E-state index contributed by atoms with van der Waals surface area (Å²) in [5, 5.41) is 11.7. The number of aromatic amines is 1. The molecule has 0 saturated carbocycles. The molecule has 0 aromatic carbocycles. The largest absolute Gasteiger partial charge is 0.354 e. The summed E-state index contributed by atoms with van der Waals surface area (Å²) in [7, 11) is 0. The average Bonchev–Trinajstić information content (AvgIpc) is 3.00. The summed E-state index contributed by atoms with van der Waals surface area (Å²) >= 11 is 0. The molecule has 100 valence electrons. The minimum atomic E-state index is 0.473. The van der Waals surface area contributed by atoms with Gasteiger partial charge in [-0.1, -0.05) is 0 Å². The van der Waals surface area contributed by atoms with Gasteiger partial charge in [-0.15, -0.1) is 5.10 Å². The van der Waals surface area contributed by atoms with Crippen molar-refractivity contribution < 1.29 is 0 Å². The molecule has 1 fully saturated rings. The lowest BCUT2D eigenvalue weighted by Crippen LogP contribution is -2.46. The van der Waals surface area contributed by atoms with Gasteiger partial charge in [0, 0.05) is 37.7 Å². The fourth-order valence-corrected chi connectivity index (χ4v) is 2.45. The molecule has 3 heterocycles. The highest BCUT2D eigenvalue weighted by molar-refractivity contribution is 5.37. The second kappa shape index (κ2) is 5.79. The molecule has 1 aliphatic heterocycles. The van der Waals surface area contributed by atoms with Gasteiger partial charge in [0.15, 0.2) is 5.82 Å². The number of rotatable bonds is 4. The topological polar surface area (TPSA) is 69.7 Å². The van der Waals surface area contributed by atoms with Crippen LogP contribution in [0, 0.1) is 0 Å². The number of hydrogen-bond donors (Lipinski definition) is 2. The van der Waals surface area contributed by atoms with Crippen LogP contribution < -0.4 is 10.2 Å². The fourth-order valence-electron chi connectivity index (χ4n) is 2.45. The van der Waals surface area contributed by atoms with Crippen molar-refractivity contribution >= 4 is 5.82 Å². The third kappa shape index (κ3) is 3.08. The standard InChI is InChI=1S/C13H18N6/c1-4-13(18-17-5-1)19-8-2-3-11(10-19)16-9-12-14-6-7-15-12/h1,4-7,11,16H,2-3,8-10H2,(H,14,15)/t11-/m0/s1. The van der Waals surface area contributed by atoms with E-state index < -0.39 is 0 Å². The highest BCUT2D eigenvalue weighted by Crippen LogP contribution is 2.16. The summed E-state index contributed by atoms with van der Waals surface area (Å²) in [5.74, 6) is 1.95. The molecule has 2 N–H and O–H groups in total. The third-order valence-corrected chi connectivity index (χ3v) is 3.42. The van der Waals surface area contributed by atoms with Crippen LogP contribution in [0.15, 0.2) is 30.7 Å². The van der Waals surface area contributed by atoms with Crippen molar-refractivity contribution in [2.75, 3.05) is 18.0 Å². The van der Waals surface area contributed by atoms with E-state index in [2.05, 4.69) is 30.4 Å². The SMILES string of the molecule is c1cnnc(N2CCC[C@H](NCc3ncc[nH]3)C2)c1. The number of imidazole rings is 1. The number of H-pyrrole nitrogens is 1. The van der Waals surface area contributed by atoms with Crippen LogP contribution in [0.2, 0.25) is 0 Å². The van der Waals surface area contributed by atoms with E-state index in [1.165, 1.54) is 12.8 Å². The zero-order chi connectivity index (χ0) is 12.9. The first-order valence-electron chi connectivity index (χ1n) is 6.66. The molecule has 0 amide bonds. The fraction of sp³-hybridized carbons (Fsp3) is 0.462. The van der Waals surface area contributed by atoms with Gasteiger partial charge in [0.1, 0.15) is 5.82 Å². The van der Waals surface area contributed by atoms with E-state index in [1.807, 2.05) is 18.3 Å². The lowest BCUT2D eigenvalue weighted by molar-refractivity contribution is 0.416. The Hall–Kier alpha value is -1.95. The van der Waals surface area contributed by atoms with Crippen LogP contribution in [-0.4, -0.2) is 39.3 Å². The van der Waals surface area contributed by atoms with Gasteiger partial charge in [-0.3, -0.25) is 0 Å². The van der Waals surface area contributed by atoms with Crippen LogP contribution in [0.25, 0.3) is 0 Å². The van der Waals surface area contributed by atoms with E-state index in [9.17, 15) is 0 Å². The Morgan fingerprint density at radius 1 is 1.42 bits per heavy atom. The Morgan fingerprint density at radius 2 is 2.42 bits per heavy atom. The predicted molar refractivity (Wildman–Crippen MR) is 72.7 cm³/mol. The zero-order valence-electron chi connectivity index (χ0n) is 10.8. The quantitative estimate of drug-likeness (QED) is 0.854. The molecule has 0 radical (unpaired) electrons. The van der Waals surface area contributed by atoms with E-state index in [-0.39, 0.29) is 0 Å². The van der Waals surface area contributed by atoms with Gasteiger partial charge in [-0.2, -0.15) is 5.10 Å². The van der Waals surface area contributed by atoms with E-state index in [1.54, 1.807) is 12.4 Å². The minimum Gasteiger partial charge on any atom is -0.354 e. The summed E-state index contributed by atoms with van der Waals surface area (Å²) in [5.41, 5.74) is 0. The first-order valence-corrected chi connectivity index (χ1v) is 6.66. The number of nitrogens with one attached hydrogen (secondary N) is 2. The molecular weight excluding hydrogens is 240 g/mol. The van der Waals surface area contributed by atoms with Gasteiger partial charge in [-0.05, 0) is 25.0 Å². The van der Waals surface area contributed by atoms with Crippen LogP contribution in [0.5, 0.6) is 0 Å². The maximum Gasteiger partial charge on any atom is 0.151 e. The molecular formula is C13H18N6. The molecule has 2 aromatic rings.